The molecule has 0 bridgehead atoms. The molecule has 1 fully saturated rings. The van der Waals surface area contributed by atoms with E-state index in [4.69, 9.17) is 0 Å². The molecule has 6 heteroatoms. The molecule has 1 amide bonds. The Morgan fingerprint density at radius 3 is 2.50 bits per heavy atom. The minimum absolute atomic E-state index is 0.105. The first-order chi connectivity index (χ1) is 8.35. The van der Waals surface area contributed by atoms with E-state index in [-0.39, 0.29) is 5.91 Å². The van der Waals surface area contributed by atoms with Crippen LogP contribution in [0.4, 0.5) is 5.69 Å². The number of anilines is 1. The van der Waals surface area contributed by atoms with Crippen LogP contribution >= 0.6 is 0 Å². The lowest BCUT2D eigenvalue weighted by molar-refractivity contribution is 0.0951. The van der Waals surface area contributed by atoms with Gasteiger partial charge in [-0.15, -0.1) is 0 Å². The third kappa shape index (κ3) is 3.46. The molecule has 1 aromatic carbocycles. The summed E-state index contributed by atoms with van der Waals surface area (Å²) in [6, 6.07) is 5.23. The summed E-state index contributed by atoms with van der Waals surface area (Å²) in [5.41, 5.74) is 1.78. The van der Waals surface area contributed by atoms with E-state index in [2.05, 4.69) is 10.0 Å². The second-order valence-electron chi connectivity index (χ2n) is 4.65. The van der Waals surface area contributed by atoms with Gasteiger partial charge in [0.1, 0.15) is 0 Å². The number of carbonyl (C=O) groups excluding carboxylic acids is 1. The number of amides is 1. The Hall–Kier alpha value is -1.56. The van der Waals surface area contributed by atoms with Crippen molar-refractivity contribution in [2.24, 2.45) is 0 Å². The molecule has 98 valence electrons. The third-order valence-electron chi connectivity index (χ3n) is 2.70. The molecule has 1 aliphatic rings. The Kier molecular flexibility index (Phi) is 3.30. The van der Waals surface area contributed by atoms with Gasteiger partial charge < -0.3 is 5.32 Å². The highest BCUT2D eigenvalue weighted by atomic mass is 32.2. The van der Waals surface area contributed by atoms with Gasteiger partial charge in [0.05, 0.1) is 11.9 Å². The normalized spacial score (nSPS) is 15.2. The van der Waals surface area contributed by atoms with E-state index < -0.39 is 10.0 Å². The summed E-state index contributed by atoms with van der Waals surface area (Å²) in [5, 5.41) is 2.89. The average Bonchev–Trinajstić information content (AvgIpc) is 3.03. The van der Waals surface area contributed by atoms with Crippen molar-refractivity contribution in [2.45, 2.75) is 25.8 Å². The Labute approximate surface area is 107 Å². The van der Waals surface area contributed by atoms with E-state index in [1.54, 1.807) is 25.1 Å². The van der Waals surface area contributed by atoms with Crippen LogP contribution in [0, 0.1) is 6.92 Å². The summed E-state index contributed by atoms with van der Waals surface area (Å²) in [5.74, 6) is -0.105. The molecule has 18 heavy (non-hydrogen) atoms. The standard InChI is InChI=1S/C12H16N2O3S/c1-8-7-9(12(15)13-10-4-5-10)3-6-11(8)14-18(2,16)17/h3,6-7,10,14H,4-5H2,1-2H3,(H,13,15). The number of sulfonamides is 1. The van der Waals surface area contributed by atoms with Crippen molar-refractivity contribution >= 4 is 21.6 Å². The molecule has 0 atom stereocenters. The molecule has 2 N–H and O–H groups in total. The van der Waals surface area contributed by atoms with E-state index in [9.17, 15) is 13.2 Å². The number of nitrogens with one attached hydrogen (secondary N) is 2. The van der Waals surface area contributed by atoms with Gasteiger partial charge in [-0.2, -0.15) is 0 Å². The summed E-state index contributed by atoms with van der Waals surface area (Å²) in [4.78, 5) is 11.8. The van der Waals surface area contributed by atoms with Crippen molar-refractivity contribution in [1.29, 1.82) is 0 Å². The molecule has 0 saturated heterocycles. The zero-order valence-corrected chi connectivity index (χ0v) is 11.2. The fourth-order valence-electron chi connectivity index (χ4n) is 1.62. The van der Waals surface area contributed by atoms with Crippen LogP contribution in [0.3, 0.4) is 0 Å². The highest BCUT2D eigenvalue weighted by molar-refractivity contribution is 7.92. The molecular weight excluding hydrogens is 252 g/mol. The largest absolute Gasteiger partial charge is 0.349 e. The lowest BCUT2D eigenvalue weighted by Gasteiger charge is -2.09. The fraction of sp³-hybridized carbons (Fsp3) is 0.417. The van der Waals surface area contributed by atoms with Gasteiger partial charge in [0.15, 0.2) is 0 Å². The predicted octanol–water partition coefficient (Wildman–Crippen LogP) is 1.26. The summed E-state index contributed by atoms with van der Waals surface area (Å²) in [6.45, 7) is 1.77. The Morgan fingerprint density at radius 2 is 2.00 bits per heavy atom. The van der Waals surface area contributed by atoms with E-state index in [1.807, 2.05) is 0 Å². The number of benzene rings is 1. The van der Waals surface area contributed by atoms with Crippen molar-refractivity contribution < 1.29 is 13.2 Å². The van der Waals surface area contributed by atoms with E-state index in [0.29, 0.717) is 17.3 Å². The molecule has 0 unspecified atom stereocenters. The average molecular weight is 268 g/mol. The molecular formula is C12H16N2O3S. The highest BCUT2D eigenvalue weighted by Gasteiger charge is 2.23. The van der Waals surface area contributed by atoms with Gasteiger partial charge in [-0.3, -0.25) is 9.52 Å². The topological polar surface area (TPSA) is 75.3 Å². The number of hydrogen-bond acceptors (Lipinski definition) is 3. The van der Waals surface area contributed by atoms with Gasteiger partial charge in [-0.1, -0.05) is 0 Å². The van der Waals surface area contributed by atoms with E-state index in [0.717, 1.165) is 24.7 Å². The molecule has 0 heterocycles. The Bertz CT molecular complexity index is 577. The quantitative estimate of drug-likeness (QED) is 0.863. The maximum absolute atomic E-state index is 11.8. The number of hydrogen-bond donors (Lipinski definition) is 2. The molecule has 0 radical (unpaired) electrons. The molecule has 2 rings (SSSR count). The first-order valence-electron chi connectivity index (χ1n) is 5.74. The fourth-order valence-corrected chi connectivity index (χ4v) is 2.24. The maximum Gasteiger partial charge on any atom is 0.251 e. The Morgan fingerprint density at radius 1 is 1.33 bits per heavy atom. The van der Waals surface area contributed by atoms with Crippen LogP contribution in [0.25, 0.3) is 0 Å². The summed E-state index contributed by atoms with van der Waals surface area (Å²) < 4.78 is 24.7. The SMILES string of the molecule is Cc1cc(C(=O)NC2CC2)ccc1NS(C)(=O)=O. The van der Waals surface area contributed by atoms with Gasteiger partial charge in [-0.25, -0.2) is 8.42 Å². The first kappa shape index (κ1) is 12.9. The predicted molar refractivity (Wildman–Crippen MR) is 70.1 cm³/mol. The molecule has 0 aliphatic heterocycles. The molecule has 1 aromatic rings. The third-order valence-corrected chi connectivity index (χ3v) is 3.29. The molecule has 0 spiro atoms. The van der Waals surface area contributed by atoms with Crippen LogP contribution in [0.15, 0.2) is 18.2 Å². The maximum atomic E-state index is 11.8. The molecule has 0 aromatic heterocycles. The zero-order valence-electron chi connectivity index (χ0n) is 10.4. The van der Waals surface area contributed by atoms with Gasteiger partial charge in [0.25, 0.3) is 5.91 Å². The minimum atomic E-state index is -3.29. The summed E-state index contributed by atoms with van der Waals surface area (Å²) in [7, 11) is -3.29. The van der Waals surface area contributed by atoms with Crippen molar-refractivity contribution in [3.8, 4) is 0 Å². The van der Waals surface area contributed by atoms with E-state index >= 15 is 0 Å². The van der Waals surface area contributed by atoms with E-state index in [1.165, 1.54) is 0 Å². The molecule has 1 saturated carbocycles. The number of rotatable bonds is 4. The van der Waals surface area contributed by atoms with Crippen LogP contribution in [0.2, 0.25) is 0 Å². The van der Waals surface area contributed by atoms with Crippen LogP contribution in [0.5, 0.6) is 0 Å². The van der Waals surface area contributed by atoms with Gasteiger partial charge in [-0.05, 0) is 43.5 Å². The van der Waals surface area contributed by atoms with Crippen molar-refractivity contribution in [3.05, 3.63) is 29.3 Å². The number of aryl methyl sites for hydroxylation is 1. The second kappa shape index (κ2) is 4.61. The number of carbonyl (C=O) groups is 1. The smallest absolute Gasteiger partial charge is 0.251 e. The summed E-state index contributed by atoms with van der Waals surface area (Å²) in [6.07, 6.45) is 3.18. The van der Waals surface area contributed by atoms with Crippen molar-refractivity contribution in [1.82, 2.24) is 5.32 Å². The summed E-state index contributed by atoms with van der Waals surface area (Å²) >= 11 is 0. The van der Waals surface area contributed by atoms with Crippen LogP contribution < -0.4 is 10.0 Å². The lowest BCUT2D eigenvalue weighted by Crippen LogP contribution is -2.25. The first-order valence-corrected chi connectivity index (χ1v) is 7.63. The minimum Gasteiger partial charge on any atom is -0.349 e. The van der Waals surface area contributed by atoms with Gasteiger partial charge in [0.2, 0.25) is 10.0 Å². The lowest BCUT2D eigenvalue weighted by atomic mass is 10.1. The molecule has 1 aliphatic carbocycles. The molecule has 5 nitrogen and oxygen atoms in total. The van der Waals surface area contributed by atoms with Crippen LogP contribution in [0.1, 0.15) is 28.8 Å². The van der Waals surface area contributed by atoms with Crippen molar-refractivity contribution in [3.63, 3.8) is 0 Å². The second-order valence-corrected chi connectivity index (χ2v) is 6.40. The van der Waals surface area contributed by atoms with Gasteiger partial charge >= 0.3 is 0 Å². The monoisotopic (exact) mass is 268 g/mol. The zero-order chi connectivity index (χ0) is 13.3. The highest BCUT2D eigenvalue weighted by Crippen LogP contribution is 2.21. The van der Waals surface area contributed by atoms with Gasteiger partial charge in [0, 0.05) is 11.6 Å². The Balaban J connectivity index is 2.15. The van der Waals surface area contributed by atoms with Crippen molar-refractivity contribution in [2.75, 3.05) is 11.0 Å². The van der Waals surface area contributed by atoms with Crippen LogP contribution in [-0.4, -0.2) is 26.6 Å². The van der Waals surface area contributed by atoms with Crippen LogP contribution in [-0.2, 0) is 10.0 Å².